The third-order valence-corrected chi connectivity index (χ3v) is 4.05. The lowest BCUT2D eigenvalue weighted by atomic mass is 9.73. The van der Waals surface area contributed by atoms with Crippen LogP contribution in [-0.2, 0) is 11.8 Å². The van der Waals surface area contributed by atoms with E-state index in [4.69, 9.17) is 4.74 Å². The molecule has 3 nitrogen and oxygen atoms in total. The van der Waals surface area contributed by atoms with Gasteiger partial charge in [-0.25, -0.2) is 0 Å². The summed E-state index contributed by atoms with van der Waals surface area (Å²) in [6.07, 6.45) is 7.12. The van der Waals surface area contributed by atoms with Crippen LogP contribution in [0.2, 0.25) is 0 Å². The third-order valence-electron chi connectivity index (χ3n) is 4.05. The van der Waals surface area contributed by atoms with E-state index in [0.29, 0.717) is 6.42 Å². The van der Waals surface area contributed by atoms with Gasteiger partial charge in [-0.2, -0.15) is 5.26 Å². The molecule has 1 atom stereocenters. The molecule has 0 spiro atoms. The molecule has 0 aliphatic carbocycles. The lowest BCUT2D eigenvalue weighted by Crippen LogP contribution is -2.28. The number of pyridine rings is 1. The summed E-state index contributed by atoms with van der Waals surface area (Å²) in [7, 11) is 1.66. The maximum absolute atomic E-state index is 10.0. The lowest BCUT2D eigenvalue weighted by Gasteiger charge is -2.29. The van der Waals surface area contributed by atoms with Gasteiger partial charge in [0.1, 0.15) is 5.75 Å². The fourth-order valence-corrected chi connectivity index (χ4v) is 2.84. The summed E-state index contributed by atoms with van der Waals surface area (Å²) in [5, 5.41) is 10.0. The Kier molecular flexibility index (Phi) is 5.55. The summed E-state index contributed by atoms with van der Waals surface area (Å²) >= 11 is 0. The molecule has 0 aliphatic rings. The topological polar surface area (TPSA) is 45.9 Å². The zero-order valence-electron chi connectivity index (χ0n) is 13.2. The minimum absolute atomic E-state index is 0.566. The Balaban J connectivity index is 2.47. The van der Waals surface area contributed by atoms with E-state index >= 15 is 0 Å². The molecule has 114 valence electrons. The number of methoxy groups -OCH3 is 1. The van der Waals surface area contributed by atoms with Gasteiger partial charge >= 0.3 is 0 Å². The van der Waals surface area contributed by atoms with Gasteiger partial charge in [0.2, 0.25) is 0 Å². The Morgan fingerprint density at radius 2 is 1.91 bits per heavy atom. The van der Waals surface area contributed by atoms with Crippen LogP contribution in [-0.4, -0.2) is 12.1 Å². The minimum atomic E-state index is -0.566. The minimum Gasteiger partial charge on any atom is -0.496 e. The van der Waals surface area contributed by atoms with Gasteiger partial charge in [-0.15, -0.1) is 0 Å². The van der Waals surface area contributed by atoms with E-state index in [2.05, 4.69) is 18.0 Å². The summed E-state index contributed by atoms with van der Waals surface area (Å²) in [6.45, 7) is 2.15. The lowest BCUT2D eigenvalue weighted by molar-refractivity contribution is 0.387. The summed E-state index contributed by atoms with van der Waals surface area (Å²) in [5.41, 5.74) is 1.54. The van der Waals surface area contributed by atoms with Gasteiger partial charge in [-0.05, 0) is 36.6 Å². The molecule has 2 rings (SSSR count). The van der Waals surface area contributed by atoms with Crippen LogP contribution in [0.4, 0.5) is 0 Å². The van der Waals surface area contributed by atoms with E-state index in [1.54, 1.807) is 19.5 Å². The predicted molar refractivity (Wildman–Crippen MR) is 87.8 cm³/mol. The van der Waals surface area contributed by atoms with Crippen molar-refractivity contribution >= 4 is 0 Å². The molecule has 22 heavy (non-hydrogen) atoms. The zero-order chi connectivity index (χ0) is 15.8. The normalized spacial score (nSPS) is 13.1. The molecule has 0 aliphatic heterocycles. The van der Waals surface area contributed by atoms with Crippen LogP contribution in [0.3, 0.4) is 0 Å². The molecule has 0 saturated carbocycles. The van der Waals surface area contributed by atoms with E-state index in [0.717, 1.165) is 36.1 Å². The van der Waals surface area contributed by atoms with Crippen LogP contribution in [0.25, 0.3) is 0 Å². The smallest absolute Gasteiger partial charge is 0.123 e. The highest BCUT2D eigenvalue weighted by Crippen LogP contribution is 2.38. The molecule has 3 heteroatoms. The number of benzene rings is 1. The first kappa shape index (κ1) is 16.0. The molecule has 0 bridgehead atoms. The molecule has 1 heterocycles. The van der Waals surface area contributed by atoms with Crippen LogP contribution in [0.15, 0.2) is 48.8 Å². The number of unbranched alkanes of at least 4 members (excludes halogenated alkanes) is 1. The van der Waals surface area contributed by atoms with Gasteiger partial charge in [0.05, 0.1) is 18.6 Å². The van der Waals surface area contributed by atoms with E-state index in [-0.39, 0.29) is 0 Å². The summed E-state index contributed by atoms with van der Waals surface area (Å²) < 4.78 is 5.51. The average Bonchev–Trinajstić information content (AvgIpc) is 2.59. The molecular weight excluding hydrogens is 272 g/mol. The fourth-order valence-electron chi connectivity index (χ4n) is 2.84. The number of rotatable bonds is 7. The SMILES string of the molecule is CCCCC(C#N)(Cc1ccncc1)c1ccccc1OC. The van der Waals surface area contributed by atoms with Crippen molar-refractivity contribution in [2.24, 2.45) is 0 Å². The molecule has 1 aromatic carbocycles. The molecule has 1 unspecified atom stereocenters. The van der Waals surface area contributed by atoms with Gasteiger partial charge in [0.25, 0.3) is 0 Å². The van der Waals surface area contributed by atoms with Gasteiger partial charge in [0, 0.05) is 18.0 Å². The largest absolute Gasteiger partial charge is 0.496 e. The van der Waals surface area contributed by atoms with E-state index in [1.165, 1.54) is 0 Å². The van der Waals surface area contributed by atoms with Crippen LogP contribution in [0.1, 0.15) is 37.3 Å². The van der Waals surface area contributed by atoms with E-state index in [9.17, 15) is 5.26 Å². The highest BCUT2D eigenvalue weighted by Gasteiger charge is 2.34. The Morgan fingerprint density at radius 1 is 1.18 bits per heavy atom. The molecule has 0 amide bonds. The second-order valence-electron chi connectivity index (χ2n) is 5.53. The quantitative estimate of drug-likeness (QED) is 0.765. The number of nitriles is 1. The molecule has 0 saturated heterocycles. The molecule has 2 aromatic rings. The molecular formula is C19H22N2O. The van der Waals surface area contributed by atoms with Crippen molar-refractivity contribution in [2.45, 2.75) is 38.0 Å². The van der Waals surface area contributed by atoms with Gasteiger partial charge in [-0.3, -0.25) is 4.98 Å². The Bertz CT molecular complexity index is 633. The average molecular weight is 294 g/mol. The van der Waals surface area contributed by atoms with E-state index < -0.39 is 5.41 Å². The van der Waals surface area contributed by atoms with Crippen LogP contribution < -0.4 is 4.74 Å². The van der Waals surface area contributed by atoms with Crippen LogP contribution >= 0.6 is 0 Å². The van der Waals surface area contributed by atoms with Crippen molar-refractivity contribution in [3.05, 3.63) is 59.9 Å². The van der Waals surface area contributed by atoms with Crippen LogP contribution in [0, 0.1) is 11.3 Å². The Morgan fingerprint density at radius 3 is 2.55 bits per heavy atom. The number of nitrogens with zero attached hydrogens (tertiary/aromatic N) is 2. The molecule has 0 N–H and O–H groups in total. The van der Waals surface area contributed by atoms with E-state index in [1.807, 2.05) is 36.4 Å². The van der Waals surface area contributed by atoms with Crippen molar-refractivity contribution < 1.29 is 4.74 Å². The van der Waals surface area contributed by atoms with Gasteiger partial charge in [-0.1, -0.05) is 38.0 Å². The number of hydrogen-bond donors (Lipinski definition) is 0. The van der Waals surface area contributed by atoms with Crippen LogP contribution in [0.5, 0.6) is 5.75 Å². The first-order valence-corrected chi connectivity index (χ1v) is 7.69. The van der Waals surface area contributed by atoms with Gasteiger partial charge < -0.3 is 4.74 Å². The molecule has 1 aromatic heterocycles. The number of ether oxygens (including phenoxy) is 1. The summed E-state index contributed by atoms with van der Waals surface area (Å²) in [4.78, 5) is 4.06. The predicted octanol–water partition coefficient (Wildman–Crippen LogP) is 4.28. The molecule has 0 fully saturated rings. The second-order valence-corrected chi connectivity index (χ2v) is 5.53. The van der Waals surface area contributed by atoms with Crippen molar-refractivity contribution in [1.29, 1.82) is 5.26 Å². The van der Waals surface area contributed by atoms with Crippen molar-refractivity contribution in [1.82, 2.24) is 4.98 Å². The highest BCUT2D eigenvalue weighted by molar-refractivity contribution is 5.45. The second kappa shape index (κ2) is 7.61. The number of aromatic nitrogens is 1. The summed E-state index contributed by atoms with van der Waals surface area (Å²) in [6, 6.07) is 14.4. The van der Waals surface area contributed by atoms with Crippen molar-refractivity contribution in [3.63, 3.8) is 0 Å². The number of para-hydroxylation sites is 1. The number of hydrogen-bond acceptors (Lipinski definition) is 3. The third kappa shape index (κ3) is 3.46. The maximum Gasteiger partial charge on any atom is 0.123 e. The zero-order valence-corrected chi connectivity index (χ0v) is 13.2. The monoisotopic (exact) mass is 294 g/mol. The fraction of sp³-hybridized carbons (Fsp3) is 0.368. The highest BCUT2D eigenvalue weighted by atomic mass is 16.5. The van der Waals surface area contributed by atoms with Crippen molar-refractivity contribution in [2.75, 3.05) is 7.11 Å². The first-order chi connectivity index (χ1) is 10.8. The Labute approximate surface area is 132 Å². The van der Waals surface area contributed by atoms with Crippen molar-refractivity contribution in [3.8, 4) is 11.8 Å². The van der Waals surface area contributed by atoms with Gasteiger partial charge in [0.15, 0.2) is 0 Å². The Hall–Kier alpha value is -2.34. The summed E-state index contributed by atoms with van der Waals surface area (Å²) in [5.74, 6) is 0.786. The molecule has 0 radical (unpaired) electrons. The maximum atomic E-state index is 10.0. The standard InChI is InChI=1S/C19H22N2O/c1-3-4-11-19(15-20,14-16-9-12-21-13-10-16)17-7-5-6-8-18(17)22-2/h5-10,12-13H,3-4,11,14H2,1-2H3. The first-order valence-electron chi connectivity index (χ1n) is 7.69.